The number of hydrogen-bond acceptors (Lipinski definition) is 8. The quantitative estimate of drug-likeness (QED) is 0.185. The molecule has 0 saturated carbocycles. The normalized spacial score (nSPS) is 20.0. The molecule has 1 amide bonds. The number of nitrogens with zero attached hydrogens (tertiary/aromatic N) is 3. The van der Waals surface area contributed by atoms with Crippen LogP contribution < -0.4 is 4.74 Å². The van der Waals surface area contributed by atoms with Crippen LogP contribution in [0.5, 0.6) is 5.75 Å². The molecule has 36 heavy (non-hydrogen) atoms. The molecule has 1 N–H and O–H groups in total. The Labute approximate surface area is 208 Å². The number of aliphatic hydroxyl groups excluding tert-OH is 1. The van der Waals surface area contributed by atoms with E-state index in [4.69, 9.17) is 9.47 Å². The van der Waals surface area contributed by atoms with Crippen molar-refractivity contribution < 1.29 is 29.1 Å². The van der Waals surface area contributed by atoms with E-state index in [2.05, 4.69) is 4.90 Å². The minimum Gasteiger partial charge on any atom is -0.507 e. The average Bonchev–Trinajstić information content (AvgIpc) is 3.14. The van der Waals surface area contributed by atoms with E-state index in [0.29, 0.717) is 49.7 Å². The van der Waals surface area contributed by atoms with Crippen molar-refractivity contribution in [2.24, 2.45) is 0 Å². The Morgan fingerprint density at radius 2 is 1.86 bits per heavy atom. The molecule has 2 aliphatic heterocycles. The number of likely N-dealkylation sites (tertiary alicyclic amines) is 1. The van der Waals surface area contributed by atoms with Crippen LogP contribution in [-0.4, -0.2) is 77.5 Å². The summed E-state index contributed by atoms with van der Waals surface area (Å²) < 4.78 is 10.9. The molecule has 0 aliphatic carbocycles. The number of nitro benzene ring substituents is 1. The molecular formula is C26H29N3O7. The van der Waals surface area contributed by atoms with Crippen molar-refractivity contribution in [3.05, 3.63) is 75.3 Å². The molecule has 2 fully saturated rings. The number of rotatable bonds is 9. The number of benzene rings is 2. The summed E-state index contributed by atoms with van der Waals surface area (Å²) in [6.07, 6.45) is 0.621. The van der Waals surface area contributed by atoms with Crippen molar-refractivity contribution in [1.29, 1.82) is 0 Å². The van der Waals surface area contributed by atoms with Gasteiger partial charge in [-0.15, -0.1) is 0 Å². The van der Waals surface area contributed by atoms with Gasteiger partial charge in [0.1, 0.15) is 11.5 Å². The summed E-state index contributed by atoms with van der Waals surface area (Å²) >= 11 is 0. The second kappa shape index (κ2) is 11.3. The third kappa shape index (κ3) is 5.39. The van der Waals surface area contributed by atoms with Crippen LogP contribution in [0.1, 0.15) is 30.5 Å². The number of aliphatic hydroxyl groups is 1. The fourth-order valence-corrected chi connectivity index (χ4v) is 4.58. The topological polar surface area (TPSA) is 122 Å². The molecule has 2 aliphatic rings. The maximum atomic E-state index is 13.2. The van der Waals surface area contributed by atoms with Gasteiger partial charge in [-0.25, -0.2) is 0 Å². The van der Waals surface area contributed by atoms with Crippen molar-refractivity contribution in [3.63, 3.8) is 0 Å². The number of hydrogen-bond donors (Lipinski definition) is 1. The zero-order chi connectivity index (χ0) is 25.7. The van der Waals surface area contributed by atoms with Gasteiger partial charge in [0.15, 0.2) is 0 Å². The Morgan fingerprint density at radius 1 is 1.14 bits per heavy atom. The van der Waals surface area contributed by atoms with Crippen LogP contribution in [0.3, 0.4) is 0 Å². The van der Waals surface area contributed by atoms with E-state index < -0.39 is 22.7 Å². The Morgan fingerprint density at radius 3 is 2.53 bits per heavy atom. The van der Waals surface area contributed by atoms with Gasteiger partial charge in [-0.05, 0) is 43.2 Å². The van der Waals surface area contributed by atoms with Crippen molar-refractivity contribution in [2.45, 2.75) is 19.4 Å². The summed E-state index contributed by atoms with van der Waals surface area (Å²) in [4.78, 5) is 40.6. The van der Waals surface area contributed by atoms with Crippen LogP contribution in [-0.2, 0) is 14.3 Å². The van der Waals surface area contributed by atoms with E-state index in [0.717, 1.165) is 19.6 Å². The van der Waals surface area contributed by atoms with Gasteiger partial charge in [0, 0.05) is 43.9 Å². The lowest BCUT2D eigenvalue weighted by Gasteiger charge is -2.29. The molecule has 0 bridgehead atoms. The van der Waals surface area contributed by atoms with Crippen LogP contribution in [0.2, 0.25) is 0 Å². The zero-order valence-electron chi connectivity index (χ0n) is 20.1. The Balaban J connectivity index is 1.69. The zero-order valence-corrected chi connectivity index (χ0v) is 20.1. The third-order valence-corrected chi connectivity index (χ3v) is 6.36. The first-order valence-corrected chi connectivity index (χ1v) is 12.0. The van der Waals surface area contributed by atoms with Crippen LogP contribution in [0.15, 0.2) is 54.1 Å². The van der Waals surface area contributed by atoms with E-state index in [9.17, 15) is 24.8 Å². The molecule has 2 heterocycles. The number of carbonyl (C=O) groups excluding carboxylic acids is 2. The first-order chi connectivity index (χ1) is 17.4. The molecule has 1 unspecified atom stereocenters. The predicted octanol–water partition coefficient (Wildman–Crippen LogP) is 3.14. The van der Waals surface area contributed by atoms with E-state index in [1.54, 1.807) is 24.3 Å². The van der Waals surface area contributed by atoms with Gasteiger partial charge in [-0.2, -0.15) is 0 Å². The average molecular weight is 496 g/mol. The van der Waals surface area contributed by atoms with Crippen LogP contribution in [0, 0.1) is 10.1 Å². The standard InChI is InChI=1S/C26H29N3O7/c1-2-36-21-6-3-5-19(17-21)24(30)22-23(18-7-9-20(10-8-18)29(33)34)28(26(32)25(22)31)12-4-11-27-13-15-35-16-14-27/h3,5-10,17,23,30H,2,4,11-16H2,1H3/b24-22+. The van der Waals surface area contributed by atoms with Crippen LogP contribution >= 0.6 is 0 Å². The van der Waals surface area contributed by atoms with Gasteiger partial charge < -0.3 is 19.5 Å². The molecule has 2 saturated heterocycles. The number of ketones is 1. The minimum absolute atomic E-state index is 0.0473. The monoisotopic (exact) mass is 495 g/mol. The van der Waals surface area contributed by atoms with Gasteiger partial charge in [0.25, 0.3) is 17.4 Å². The lowest BCUT2D eigenvalue weighted by atomic mass is 9.95. The Kier molecular flexibility index (Phi) is 7.97. The first-order valence-electron chi connectivity index (χ1n) is 12.0. The molecule has 0 radical (unpaired) electrons. The van der Waals surface area contributed by atoms with Gasteiger partial charge in [-0.1, -0.05) is 12.1 Å². The highest BCUT2D eigenvalue weighted by atomic mass is 16.6. The maximum Gasteiger partial charge on any atom is 0.295 e. The molecule has 0 aromatic heterocycles. The second-order valence-corrected chi connectivity index (χ2v) is 8.61. The minimum atomic E-state index is -0.869. The van der Waals surface area contributed by atoms with Crippen molar-refractivity contribution in [1.82, 2.24) is 9.80 Å². The lowest BCUT2D eigenvalue weighted by Crippen LogP contribution is -2.38. The summed E-state index contributed by atoms with van der Waals surface area (Å²) in [5.41, 5.74) is 0.703. The third-order valence-electron chi connectivity index (χ3n) is 6.36. The second-order valence-electron chi connectivity index (χ2n) is 8.61. The largest absolute Gasteiger partial charge is 0.507 e. The fraction of sp³-hybridized carbons (Fsp3) is 0.385. The van der Waals surface area contributed by atoms with E-state index in [1.807, 2.05) is 6.92 Å². The highest BCUT2D eigenvalue weighted by molar-refractivity contribution is 6.46. The molecule has 10 heteroatoms. The lowest BCUT2D eigenvalue weighted by molar-refractivity contribution is -0.384. The molecule has 2 aromatic carbocycles. The number of ether oxygens (including phenoxy) is 2. The summed E-state index contributed by atoms with van der Waals surface area (Å²) in [6.45, 7) is 6.23. The van der Waals surface area contributed by atoms with Gasteiger partial charge in [-0.3, -0.25) is 24.6 Å². The molecular weight excluding hydrogens is 466 g/mol. The van der Waals surface area contributed by atoms with Crippen LogP contribution in [0.4, 0.5) is 5.69 Å². The number of carbonyl (C=O) groups is 2. The summed E-state index contributed by atoms with van der Waals surface area (Å²) in [5.74, 6) is -1.28. The van der Waals surface area contributed by atoms with E-state index >= 15 is 0 Å². The SMILES string of the molecule is CCOc1cccc(/C(O)=C2\C(=O)C(=O)N(CCCN3CCOCC3)C2c2ccc([N+](=O)[O-])cc2)c1. The number of non-ortho nitro benzene ring substituents is 1. The molecule has 2 aromatic rings. The van der Waals surface area contributed by atoms with E-state index in [-0.39, 0.29) is 17.0 Å². The van der Waals surface area contributed by atoms with Gasteiger partial charge >= 0.3 is 0 Å². The van der Waals surface area contributed by atoms with Gasteiger partial charge in [0.05, 0.1) is 36.4 Å². The van der Waals surface area contributed by atoms with Crippen molar-refractivity contribution in [3.8, 4) is 5.75 Å². The summed E-state index contributed by atoms with van der Waals surface area (Å²) in [5, 5.41) is 22.4. The van der Waals surface area contributed by atoms with Crippen LogP contribution in [0.25, 0.3) is 5.76 Å². The molecule has 1 atom stereocenters. The molecule has 10 nitrogen and oxygen atoms in total. The van der Waals surface area contributed by atoms with Crippen molar-refractivity contribution >= 4 is 23.1 Å². The Hall–Kier alpha value is -3.76. The summed E-state index contributed by atoms with van der Waals surface area (Å²) in [7, 11) is 0. The number of nitro groups is 1. The first kappa shape index (κ1) is 25.3. The molecule has 4 rings (SSSR count). The van der Waals surface area contributed by atoms with E-state index in [1.165, 1.54) is 29.2 Å². The number of Topliss-reactive ketones (excluding diaryl/α,β-unsaturated/α-hetero) is 1. The summed E-state index contributed by atoms with van der Waals surface area (Å²) in [6, 6.07) is 11.5. The van der Waals surface area contributed by atoms with Gasteiger partial charge in [0.2, 0.25) is 0 Å². The fourth-order valence-electron chi connectivity index (χ4n) is 4.58. The highest BCUT2D eigenvalue weighted by Gasteiger charge is 2.46. The highest BCUT2D eigenvalue weighted by Crippen LogP contribution is 2.40. The number of amides is 1. The smallest absolute Gasteiger partial charge is 0.295 e. The van der Waals surface area contributed by atoms with Crippen molar-refractivity contribution in [2.75, 3.05) is 46.0 Å². The Bertz CT molecular complexity index is 1160. The number of morpholine rings is 1. The predicted molar refractivity (Wildman–Crippen MR) is 132 cm³/mol. The molecule has 0 spiro atoms. The molecule has 190 valence electrons. The maximum absolute atomic E-state index is 13.2.